The number of aromatic nitrogens is 2. The van der Waals surface area contributed by atoms with Crippen molar-refractivity contribution in [3.05, 3.63) is 52.8 Å². The summed E-state index contributed by atoms with van der Waals surface area (Å²) in [5.41, 5.74) is 2.10. The normalized spacial score (nSPS) is 12.4. The molecule has 1 amide bonds. The number of carbonyl (C=O) groups is 1. The van der Waals surface area contributed by atoms with Crippen LogP contribution in [0, 0.1) is 13.8 Å². The standard InChI is InChI=1S/C17H21F2N3O2/c1-11-14(12(2)22(21-11)17(18)19)10-16(24)20-15(8-9-23)13-6-4-3-5-7-13/h3-7,15,17,23H,8-10H2,1-2H3,(H,20,24). The first-order valence-electron chi connectivity index (χ1n) is 7.72. The second-order valence-electron chi connectivity index (χ2n) is 5.59. The van der Waals surface area contributed by atoms with E-state index in [-0.39, 0.29) is 30.7 Å². The van der Waals surface area contributed by atoms with Gasteiger partial charge in [-0.2, -0.15) is 13.9 Å². The Bertz CT molecular complexity index is 687. The van der Waals surface area contributed by atoms with Crippen LogP contribution in [0.25, 0.3) is 0 Å². The number of nitrogens with one attached hydrogen (secondary N) is 1. The van der Waals surface area contributed by atoms with Crippen LogP contribution in [0.4, 0.5) is 8.78 Å². The number of aliphatic hydroxyl groups excluding tert-OH is 1. The first-order valence-corrected chi connectivity index (χ1v) is 7.72. The molecule has 2 N–H and O–H groups in total. The van der Waals surface area contributed by atoms with Gasteiger partial charge in [0.25, 0.3) is 0 Å². The van der Waals surface area contributed by atoms with E-state index in [2.05, 4.69) is 10.4 Å². The minimum absolute atomic E-state index is 0.0286. The molecule has 0 aliphatic carbocycles. The Balaban J connectivity index is 2.12. The maximum Gasteiger partial charge on any atom is 0.333 e. The lowest BCUT2D eigenvalue weighted by Gasteiger charge is -2.18. The van der Waals surface area contributed by atoms with Gasteiger partial charge in [-0.1, -0.05) is 30.3 Å². The molecule has 1 heterocycles. The second kappa shape index (κ2) is 8.01. The van der Waals surface area contributed by atoms with E-state index >= 15 is 0 Å². The van der Waals surface area contributed by atoms with Crippen molar-refractivity contribution in [1.29, 1.82) is 0 Å². The molecule has 1 unspecified atom stereocenters. The molecule has 7 heteroatoms. The number of hydrogen-bond donors (Lipinski definition) is 2. The number of carbonyl (C=O) groups excluding carboxylic acids is 1. The van der Waals surface area contributed by atoms with Gasteiger partial charge in [0.15, 0.2) is 0 Å². The van der Waals surface area contributed by atoms with Crippen molar-refractivity contribution in [1.82, 2.24) is 15.1 Å². The number of aryl methyl sites for hydroxylation is 1. The van der Waals surface area contributed by atoms with Gasteiger partial charge in [-0.05, 0) is 25.8 Å². The molecule has 1 aromatic carbocycles. The highest BCUT2D eigenvalue weighted by Gasteiger charge is 2.21. The third kappa shape index (κ3) is 4.17. The van der Waals surface area contributed by atoms with E-state index in [1.165, 1.54) is 6.92 Å². The molecule has 0 fully saturated rings. The van der Waals surface area contributed by atoms with Crippen LogP contribution in [0.5, 0.6) is 0 Å². The van der Waals surface area contributed by atoms with Crippen molar-refractivity contribution in [3.8, 4) is 0 Å². The van der Waals surface area contributed by atoms with Gasteiger partial charge in [0.1, 0.15) is 0 Å². The van der Waals surface area contributed by atoms with Crippen LogP contribution >= 0.6 is 0 Å². The number of benzene rings is 1. The van der Waals surface area contributed by atoms with Crippen molar-refractivity contribution >= 4 is 5.91 Å². The Morgan fingerprint density at radius 1 is 1.29 bits per heavy atom. The minimum atomic E-state index is -2.73. The van der Waals surface area contributed by atoms with Crippen LogP contribution in [-0.2, 0) is 11.2 Å². The van der Waals surface area contributed by atoms with E-state index in [9.17, 15) is 18.7 Å². The van der Waals surface area contributed by atoms with Gasteiger partial charge >= 0.3 is 6.55 Å². The van der Waals surface area contributed by atoms with Crippen molar-refractivity contribution in [2.75, 3.05) is 6.61 Å². The maximum atomic E-state index is 12.9. The molecule has 24 heavy (non-hydrogen) atoms. The van der Waals surface area contributed by atoms with Gasteiger partial charge in [-0.15, -0.1) is 0 Å². The number of hydrogen-bond acceptors (Lipinski definition) is 3. The smallest absolute Gasteiger partial charge is 0.333 e. The Morgan fingerprint density at radius 3 is 2.50 bits per heavy atom. The summed E-state index contributed by atoms with van der Waals surface area (Å²) in [6, 6.07) is 8.99. The molecule has 0 aliphatic rings. The minimum Gasteiger partial charge on any atom is -0.396 e. The van der Waals surface area contributed by atoms with E-state index in [4.69, 9.17) is 0 Å². The summed E-state index contributed by atoms with van der Waals surface area (Å²) in [6.07, 6.45) is 0.350. The van der Waals surface area contributed by atoms with Gasteiger partial charge in [-0.3, -0.25) is 4.79 Å². The van der Waals surface area contributed by atoms with Crippen LogP contribution in [0.15, 0.2) is 30.3 Å². The van der Waals surface area contributed by atoms with Gasteiger partial charge in [-0.25, -0.2) is 4.68 Å². The molecule has 5 nitrogen and oxygen atoms in total. The number of alkyl halides is 2. The number of amides is 1. The van der Waals surface area contributed by atoms with Crippen LogP contribution in [0.1, 0.15) is 41.5 Å². The summed E-state index contributed by atoms with van der Waals surface area (Å²) in [7, 11) is 0. The Labute approximate surface area is 139 Å². The van der Waals surface area contributed by atoms with Crippen LogP contribution in [0.3, 0.4) is 0 Å². The molecule has 0 saturated carbocycles. The van der Waals surface area contributed by atoms with Crippen molar-refractivity contribution in [2.24, 2.45) is 0 Å². The number of rotatable bonds is 7. The van der Waals surface area contributed by atoms with Crippen molar-refractivity contribution in [3.63, 3.8) is 0 Å². The lowest BCUT2D eigenvalue weighted by Crippen LogP contribution is -2.30. The largest absolute Gasteiger partial charge is 0.396 e. The monoisotopic (exact) mass is 337 g/mol. The highest BCUT2D eigenvalue weighted by atomic mass is 19.3. The summed E-state index contributed by atoms with van der Waals surface area (Å²) in [5.74, 6) is -0.294. The van der Waals surface area contributed by atoms with Gasteiger partial charge < -0.3 is 10.4 Å². The van der Waals surface area contributed by atoms with Gasteiger partial charge in [0.05, 0.1) is 18.2 Å². The first-order chi connectivity index (χ1) is 11.4. The van der Waals surface area contributed by atoms with Crippen LogP contribution in [0.2, 0.25) is 0 Å². The van der Waals surface area contributed by atoms with E-state index < -0.39 is 6.55 Å². The molecule has 0 spiro atoms. The maximum absolute atomic E-state index is 12.9. The third-order valence-corrected chi connectivity index (χ3v) is 3.95. The zero-order valence-electron chi connectivity index (χ0n) is 13.7. The van der Waals surface area contributed by atoms with Crippen molar-refractivity contribution in [2.45, 2.75) is 39.3 Å². The topological polar surface area (TPSA) is 67.2 Å². The quantitative estimate of drug-likeness (QED) is 0.816. The van der Waals surface area contributed by atoms with Crippen LogP contribution in [-0.4, -0.2) is 27.4 Å². The van der Waals surface area contributed by atoms with Crippen LogP contribution < -0.4 is 5.32 Å². The second-order valence-corrected chi connectivity index (χ2v) is 5.59. The Kier molecular flexibility index (Phi) is 6.03. The zero-order chi connectivity index (χ0) is 17.7. The number of halogens is 2. The summed E-state index contributed by atoms with van der Waals surface area (Å²) >= 11 is 0. The Morgan fingerprint density at radius 2 is 1.96 bits per heavy atom. The van der Waals surface area contributed by atoms with E-state index in [0.29, 0.717) is 22.4 Å². The molecule has 1 aromatic heterocycles. The summed E-state index contributed by atoms with van der Waals surface area (Å²) < 4.78 is 26.4. The summed E-state index contributed by atoms with van der Waals surface area (Å²) in [6.45, 7) is 0.335. The van der Waals surface area contributed by atoms with Crippen molar-refractivity contribution < 1.29 is 18.7 Å². The predicted octanol–water partition coefficient (Wildman–Crippen LogP) is 2.68. The van der Waals surface area contributed by atoms with E-state index in [1.54, 1.807) is 6.92 Å². The van der Waals surface area contributed by atoms with E-state index in [0.717, 1.165) is 5.56 Å². The molecule has 0 aliphatic heterocycles. The molecule has 0 radical (unpaired) electrons. The lowest BCUT2D eigenvalue weighted by atomic mass is 10.0. The first kappa shape index (κ1) is 18.1. The molecule has 130 valence electrons. The average molecular weight is 337 g/mol. The third-order valence-electron chi connectivity index (χ3n) is 3.95. The molecule has 1 atom stereocenters. The SMILES string of the molecule is Cc1nn(C(F)F)c(C)c1CC(=O)NC(CCO)c1ccccc1. The summed E-state index contributed by atoms with van der Waals surface area (Å²) in [5, 5.41) is 15.8. The predicted molar refractivity (Wildman–Crippen MR) is 85.7 cm³/mol. The summed E-state index contributed by atoms with van der Waals surface area (Å²) in [4.78, 5) is 12.3. The fourth-order valence-corrected chi connectivity index (χ4v) is 2.69. The van der Waals surface area contributed by atoms with Gasteiger partial charge in [0, 0.05) is 17.9 Å². The van der Waals surface area contributed by atoms with Gasteiger partial charge in [0.2, 0.25) is 5.91 Å². The molecule has 2 aromatic rings. The highest BCUT2D eigenvalue weighted by Crippen LogP contribution is 2.21. The van der Waals surface area contributed by atoms with E-state index in [1.807, 2.05) is 30.3 Å². The fourth-order valence-electron chi connectivity index (χ4n) is 2.69. The molecule has 2 rings (SSSR count). The average Bonchev–Trinajstić information content (AvgIpc) is 2.83. The zero-order valence-corrected chi connectivity index (χ0v) is 13.7. The Hall–Kier alpha value is -2.28. The number of aliphatic hydroxyl groups is 1. The number of nitrogens with zero attached hydrogens (tertiary/aromatic N) is 2. The molecule has 0 bridgehead atoms. The molecular weight excluding hydrogens is 316 g/mol. The fraction of sp³-hybridized carbons (Fsp3) is 0.412. The molecular formula is C17H21F2N3O2. The highest BCUT2D eigenvalue weighted by molar-refractivity contribution is 5.79. The molecule has 0 saturated heterocycles. The lowest BCUT2D eigenvalue weighted by molar-refractivity contribution is -0.121.